The summed E-state index contributed by atoms with van der Waals surface area (Å²) < 4.78 is 7.83. The SMILES string of the molecule is Cc1cc(C)n(CC2CN(C(=O)C3CCCNC3)CCO2)n1. The van der Waals surface area contributed by atoms with Crippen LogP contribution in [-0.4, -0.2) is 59.5 Å². The molecule has 3 rings (SSSR count). The molecule has 0 radical (unpaired) electrons. The van der Waals surface area contributed by atoms with Crippen LogP contribution in [0, 0.1) is 19.8 Å². The van der Waals surface area contributed by atoms with Gasteiger partial charge in [-0.25, -0.2) is 0 Å². The maximum absolute atomic E-state index is 12.6. The van der Waals surface area contributed by atoms with Crippen molar-refractivity contribution < 1.29 is 9.53 Å². The first-order valence-electron chi connectivity index (χ1n) is 8.25. The fourth-order valence-corrected chi connectivity index (χ4v) is 3.40. The lowest BCUT2D eigenvalue weighted by Gasteiger charge is -2.36. The van der Waals surface area contributed by atoms with E-state index >= 15 is 0 Å². The number of amides is 1. The zero-order valence-electron chi connectivity index (χ0n) is 13.5. The number of hydrogen-bond acceptors (Lipinski definition) is 4. The lowest BCUT2D eigenvalue weighted by atomic mass is 9.98. The van der Waals surface area contributed by atoms with E-state index in [1.165, 1.54) is 0 Å². The highest BCUT2D eigenvalue weighted by Crippen LogP contribution is 2.17. The van der Waals surface area contributed by atoms with Crippen LogP contribution >= 0.6 is 0 Å². The van der Waals surface area contributed by atoms with Crippen LogP contribution in [0.25, 0.3) is 0 Å². The molecule has 6 nitrogen and oxygen atoms in total. The minimum atomic E-state index is 0.0345. The molecule has 0 aliphatic carbocycles. The van der Waals surface area contributed by atoms with Gasteiger partial charge in [-0.1, -0.05) is 0 Å². The first-order chi connectivity index (χ1) is 10.6. The number of hydrogen-bond donors (Lipinski definition) is 1. The number of nitrogens with zero attached hydrogens (tertiary/aromatic N) is 3. The van der Waals surface area contributed by atoms with E-state index in [1.807, 2.05) is 16.5 Å². The van der Waals surface area contributed by atoms with E-state index < -0.39 is 0 Å². The van der Waals surface area contributed by atoms with E-state index in [4.69, 9.17) is 4.74 Å². The van der Waals surface area contributed by atoms with Crippen molar-refractivity contribution in [3.63, 3.8) is 0 Å². The fraction of sp³-hybridized carbons (Fsp3) is 0.750. The lowest BCUT2D eigenvalue weighted by Crippen LogP contribution is -2.51. The van der Waals surface area contributed by atoms with Gasteiger partial charge in [0.1, 0.15) is 0 Å². The summed E-state index contributed by atoms with van der Waals surface area (Å²) in [4.78, 5) is 14.6. The molecule has 2 aliphatic rings. The van der Waals surface area contributed by atoms with Gasteiger partial charge >= 0.3 is 0 Å². The van der Waals surface area contributed by atoms with Gasteiger partial charge in [-0.05, 0) is 39.3 Å². The van der Waals surface area contributed by atoms with Gasteiger partial charge in [0.15, 0.2) is 0 Å². The summed E-state index contributed by atoms with van der Waals surface area (Å²) in [7, 11) is 0. The topological polar surface area (TPSA) is 59.4 Å². The van der Waals surface area contributed by atoms with E-state index in [1.54, 1.807) is 0 Å². The zero-order chi connectivity index (χ0) is 15.5. The molecule has 1 N–H and O–H groups in total. The Morgan fingerprint density at radius 2 is 2.36 bits per heavy atom. The lowest BCUT2D eigenvalue weighted by molar-refractivity contribution is -0.144. The summed E-state index contributed by atoms with van der Waals surface area (Å²) in [5.41, 5.74) is 2.16. The summed E-state index contributed by atoms with van der Waals surface area (Å²) >= 11 is 0. The van der Waals surface area contributed by atoms with Crippen molar-refractivity contribution in [2.24, 2.45) is 5.92 Å². The molecule has 22 heavy (non-hydrogen) atoms. The van der Waals surface area contributed by atoms with Crippen LogP contribution in [0.2, 0.25) is 0 Å². The van der Waals surface area contributed by atoms with Crippen molar-refractivity contribution in [2.45, 2.75) is 39.3 Å². The third kappa shape index (κ3) is 3.50. The van der Waals surface area contributed by atoms with Crippen molar-refractivity contribution in [1.82, 2.24) is 20.0 Å². The number of carbonyl (C=O) groups excluding carboxylic acids is 1. The minimum absolute atomic E-state index is 0.0345. The molecule has 6 heteroatoms. The Morgan fingerprint density at radius 1 is 1.50 bits per heavy atom. The maximum Gasteiger partial charge on any atom is 0.227 e. The molecular weight excluding hydrogens is 280 g/mol. The maximum atomic E-state index is 12.6. The van der Waals surface area contributed by atoms with E-state index in [0.717, 1.165) is 37.3 Å². The van der Waals surface area contributed by atoms with Crippen molar-refractivity contribution in [3.8, 4) is 0 Å². The van der Waals surface area contributed by atoms with Gasteiger partial charge in [0.2, 0.25) is 5.91 Å². The Balaban J connectivity index is 1.59. The highest BCUT2D eigenvalue weighted by molar-refractivity contribution is 5.79. The Morgan fingerprint density at radius 3 is 3.05 bits per heavy atom. The third-order valence-electron chi connectivity index (χ3n) is 4.58. The van der Waals surface area contributed by atoms with Crippen LogP contribution in [0.1, 0.15) is 24.2 Å². The van der Waals surface area contributed by atoms with Crippen molar-refractivity contribution in [2.75, 3.05) is 32.8 Å². The van der Waals surface area contributed by atoms with E-state index in [-0.39, 0.29) is 17.9 Å². The molecule has 2 aliphatic heterocycles. The third-order valence-corrected chi connectivity index (χ3v) is 4.58. The largest absolute Gasteiger partial charge is 0.373 e. The molecule has 0 saturated carbocycles. The van der Waals surface area contributed by atoms with Crippen LogP contribution < -0.4 is 5.32 Å². The molecule has 2 fully saturated rings. The zero-order valence-corrected chi connectivity index (χ0v) is 13.5. The molecule has 3 heterocycles. The Labute approximate surface area is 131 Å². The molecule has 2 atom stereocenters. The molecule has 2 saturated heterocycles. The van der Waals surface area contributed by atoms with Gasteiger partial charge in [0.05, 0.1) is 30.9 Å². The molecule has 1 aromatic heterocycles. The van der Waals surface area contributed by atoms with Crippen LogP contribution in [-0.2, 0) is 16.1 Å². The molecule has 122 valence electrons. The van der Waals surface area contributed by atoms with Crippen LogP contribution in [0.15, 0.2) is 6.07 Å². The number of aryl methyl sites for hydroxylation is 2. The molecule has 0 bridgehead atoms. The number of morpholine rings is 1. The quantitative estimate of drug-likeness (QED) is 0.894. The van der Waals surface area contributed by atoms with Crippen molar-refractivity contribution in [3.05, 3.63) is 17.5 Å². The Kier molecular flexibility index (Phi) is 4.78. The van der Waals surface area contributed by atoms with Crippen molar-refractivity contribution >= 4 is 5.91 Å². The molecule has 1 amide bonds. The summed E-state index contributed by atoms with van der Waals surface area (Å²) in [6.07, 6.45) is 2.13. The summed E-state index contributed by atoms with van der Waals surface area (Å²) in [6, 6.07) is 2.07. The molecule has 0 spiro atoms. The number of rotatable bonds is 3. The average Bonchev–Trinajstić information content (AvgIpc) is 2.85. The second-order valence-electron chi connectivity index (χ2n) is 6.43. The highest BCUT2D eigenvalue weighted by Gasteiger charge is 2.30. The highest BCUT2D eigenvalue weighted by atomic mass is 16.5. The van der Waals surface area contributed by atoms with Gasteiger partial charge in [0, 0.05) is 25.3 Å². The van der Waals surface area contributed by atoms with Gasteiger partial charge in [-0.2, -0.15) is 5.10 Å². The van der Waals surface area contributed by atoms with Gasteiger partial charge in [-0.15, -0.1) is 0 Å². The summed E-state index contributed by atoms with van der Waals surface area (Å²) in [6.45, 7) is 8.63. The number of aromatic nitrogens is 2. The van der Waals surface area contributed by atoms with Gasteiger partial charge in [0.25, 0.3) is 0 Å². The molecule has 2 unspecified atom stereocenters. The van der Waals surface area contributed by atoms with Crippen LogP contribution in [0.5, 0.6) is 0 Å². The number of carbonyl (C=O) groups is 1. The van der Waals surface area contributed by atoms with Crippen LogP contribution in [0.4, 0.5) is 0 Å². The standard InChI is InChI=1S/C16H26N4O2/c1-12-8-13(2)20(18-12)11-15-10-19(6-7-22-15)16(21)14-4-3-5-17-9-14/h8,14-15,17H,3-7,9-11H2,1-2H3. The Bertz CT molecular complexity index is 522. The van der Waals surface area contributed by atoms with Crippen LogP contribution in [0.3, 0.4) is 0 Å². The van der Waals surface area contributed by atoms with E-state index in [0.29, 0.717) is 26.2 Å². The molecule has 1 aromatic rings. The average molecular weight is 306 g/mol. The van der Waals surface area contributed by atoms with Gasteiger partial charge in [-0.3, -0.25) is 9.48 Å². The van der Waals surface area contributed by atoms with E-state index in [9.17, 15) is 4.79 Å². The van der Waals surface area contributed by atoms with E-state index in [2.05, 4.69) is 23.4 Å². The monoisotopic (exact) mass is 306 g/mol. The summed E-state index contributed by atoms with van der Waals surface area (Å²) in [5, 5.41) is 7.81. The molecule has 0 aromatic carbocycles. The normalized spacial score (nSPS) is 26.2. The van der Waals surface area contributed by atoms with Crippen molar-refractivity contribution in [1.29, 1.82) is 0 Å². The molecular formula is C16H26N4O2. The smallest absolute Gasteiger partial charge is 0.227 e. The second-order valence-corrected chi connectivity index (χ2v) is 6.43. The van der Waals surface area contributed by atoms with Gasteiger partial charge < -0.3 is 15.0 Å². The second kappa shape index (κ2) is 6.79. The number of nitrogens with one attached hydrogen (secondary N) is 1. The predicted octanol–water partition coefficient (Wildman–Crippen LogP) is 0.727. The number of piperidine rings is 1. The minimum Gasteiger partial charge on any atom is -0.373 e. The fourth-order valence-electron chi connectivity index (χ4n) is 3.40. The summed E-state index contributed by atoms with van der Waals surface area (Å²) in [5.74, 6) is 0.426. The Hall–Kier alpha value is -1.40. The first kappa shape index (κ1) is 15.5. The predicted molar refractivity (Wildman–Crippen MR) is 83.6 cm³/mol. The number of ether oxygens (including phenoxy) is 1. The first-order valence-corrected chi connectivity index (χ1v) is 8.25.